The molecule has 178 valence electrons. The van der Waals surface area contributed by atoms with Gasteiger partial charge in [-0.2, -0.15) is 18.2 Å². The Morgan fingerprint density at radius 1 is 0.829 bits per heavy atom. The van der Waals surface area contributed by atoms with Gasteiger partial charge < -0.3 is 9.42 Å². The van der Waals surface area contributed by atoms with Crippen LogP contribution in [0.1, 0.15) is 40.6 Å². The number of hydrogen-bond donors (Lipinski definition) is 0. The molecule has 0 atom stereocenters. The summed E-state index contributed by atoms with van der Waals surface area (Å²) >= 11 is 0. The summed E-state index contributed by atoms with van der Waals surface area (Å²) in [6, 6.07) is 22.3. The number of likely N-dealkylation sites (tertiary alicyclic amines) is 1. The number of piperidine rings is 1. The molecule has 1 aliphatic rings. The fourth-order valence-corrected chi connectivity index (χ4v) is 4.27. The largest absolute Gasteiger partial charge is 0.416 e. The lowest BCUT2D eigenvalue weighted by Crippen LogP contribution is -2.38. The molecule has 0 bridgehead atoms. The maximum Gasteiger partial charge on any atom is 0.416 e. The Kier molecular flexibility index (Phi) is 6.11. The molecule has 2 heterocycles. The molecule has 8 heteroatoms. The summed E-state index contributed by atoms with van der Waals surface area (Å²) in [5.74, 6) is 0.680. The van der Waals surface area contributed by atoms with Crippen LogP contribution in [0, 0.1) is 0 Å². The van der Waals surface area contributed by atoms with Gasteiger partial charge in [-0.1, -0.05) is 59.8 Å². The van der Waals surface area contributed by atoms with Crippen LogP contribution in [0.5, 0.6) is 0 Å². The van der Waals surface area contributed by atoms with Gasteiger partial charge in [-0.3, -0.25) is 4.79 Å². The van der Waals surface area contributed by atoms with E-state index in [9.17, 15) is 18.0 Å². The summed E-state index contributed by atoms with van der Waals surface area (Å²) in [5, 5.41) is 3.94. The highest BCUT2D eigenvalue weighted by Crippen LogP contribution is 2.32. The van der Waals surface area contributed by atoms with E-state index in [1.54, 1.807) is 0 Å². The van der Waals surface area contributed by atoms with Gasteiger partial charge in [0.1, 0.15) is 0 Å². The Labute approximate surface area is 200 Å². The van der Waals surface area contributed by atoms with Crippen molar-refractivity contribution in [1.29, 1.82) is 0 Å². The van der Waals surface area contributed by atoms with E-state index < -0.39 is 11.7 Å². The number of halogens is 3. The van der Waals surface area contributed by atoms with E-state index in [2.05, 4.69) is 10.1 Å². The number of carbonyl (C=O) groups excluding carboxylic acids is 1. The summed E-state index contributed by atoms with van der Waals surface area (Å²) in [7, 11) is 0. The van der Waals surface area contributed by atoms with Crippen LogP contribution in [0.15, 0.2) is 83.4 Å². The molecular weight excluding hydrogens is 455 g/mol. The zero-order chi connectivity index (χ0) is 24.4. The van der Waals surface area contributed by atoms with Crippen molar-refractivity contribution in [2.45, 2.75) is 24.9 Å². The first-order valence-corrected chi connectivity index (χ1v) is 11.3. The highest BCUT2D eigenvalue weighted by atomic mass is 19.4. The highest BCUT2D eigenvalue weighted by Gasteiger charge is 2.31. The quantitative estimate of drug-likeness (QED) is 0.339. The molecule has 0 spiro atoms. The van der Waals surface area contributed by atoms with Crippen LogP contribution in [0.25, 0.3) is 22.5 Å². The lowest BCUT2D eigenvalue weighted by Gasteiger charge is -2.30. The average Bonchev–Trinajstić information content (AvgIpc) is 3.39. The number of nitrogens with zero attached hydrogens (tertiary/aromatic N) is 3. The third-order valence-corrected chi connectivity index (χ3v) is 6.28. The Balaban J connectivity index is 1.20. The van der Waals surface area contributed by atoms with Crippen LogP contribution < -0.4 is 0 Å². The van der Waals surface area contributed by atoms with Crippen molar-refractivity contribution in [2.75, 3.05) is 13.1 Å². The Hall–Kier alpha value is -3.94. The van der Waals surface area contributed by atoms with Gasteiger partial charge >= 0.3 is 6.18 Å². The van der Waals surface area contributed by atoms with Gasteiger partial charge in [-0.25, -0.2) is 0 Å². The second-order valence-corrected chi connectivity index (χ2v) is 8.54. The summed E-state index contributed by atoms with van der Waals surface area (Å²) in [6.07, 6.45) is -3.05. The molecule has 1 amide bonds. The van der Waals surface area contributed by atoms with Crippen LogP contribution in [-0.4, -0.2) is 34.0 Å². The van der Waals surface area contributed by atoms with Crippen molar-refractivity contribution in [3.05, 3.63) is 95.9 Å². The highest BCUT2D eigenvalue weighted by molar-refractivity contribution is 5.94. The maximum atomic E-state index is 13.0. The van der Waals surface area contributed by atoms with Crippen molar-refractivity contribution in [1.82, 2.24) is 15.0 Å². The van der Waals surface area contributed by atoms with Crippen molar-refractivity contribution in [3.63, 3.8) is 0 Å². The molecular formula is C27H22F3N3O2. The molecule has 4 aromatic rings. The summed E-state index contributed by atoms with van der Waals surface area (Å²) in [6.45, 7) is 1.11. The molecule has 1 fully saturated rings. The zero-order valence-corrected chi connectivity index (χ0v) is 18.7. The molecule has 35 heavy (non-hydrogen) atoms. The predicted molar refractivity (Wildman–Crippen MR) is 124 cm³/mol. The van der Waals surface area contributed by atoms with E-state index >= 15 is 0 Å². The molecule has 3 aromatic carbocycles. The first-order valence-electron chi connectivity index (χ1n) is 11.3. The van der Waals surface area contributed by atoms with Crippen LogP contribution in [-0.2, 0) is 6.18 Å². The average molecular weight is 477 g/mol. The molecule has 5 rings (SSSR count). The minimum atomic E-state index is -4.39. The molecule has 0 saturated carbocycles. The van der Waals surface area contributed by atoms with Crippen LogP contribution in [0.3, 0.4) is 0 Å². The van der Waals surface area contributed by atoms with Crippen molar-refractivity contribution in [2.24, 2.45) is 0 Å². The van der Waals surface area contributed by atoms with Crippen LogP contribution in [0.4, 0.5) is 13.2 Å². The Morgan fingerprint density at radius 2 is 1.43 bits per heavy atom. The SMILES string of the molecule is O=C(c1ccc(-c2ccccc2)cc1)N1CCC(c2nc(-c3ccc(C(F)(F)F)cc3)no2)CC1. The van der Waals surface area contributed by atoms with Gasteiger partial charge in [0.25, 0.3) is 5.91 Å². The van der Waals surface area contributed by atoms with Gasteiger partial charge in [-0.05, 0) is 48.2 Å². The summed E-state index contributed by atoms with van der Waals surface area (Å²) < 4.78 is 43.7. The van der Waals surface area contributed by atoms with Gasteiger partial charge in [0.2, 0.25) is 11.7 Å². The van der Waals surface area contributed by atoms with E-state index in [4.69, 9.17) is 4.52 Å². The third kappa shape index (κ3) is 4.96. The molecule has 1 aliphatic heterocycles. The number of benzene rings is 3. The minimum Gasteiger partial charge on any atom is -0.339 e. The van der Waals surface area contributed by atoms with E-state index in [-0.39, 0.29) is 17.6 Å². The fraction of sp³-hybridized carbons (Fsp3) is 0.222. The second-order valence-electron chi connectivity index (χ2n) is 8.54. The van der Waals surface area contributed by atoms with Gasteiger partial charge in [-0.15, -0.1) is 0 Å². The van der Waals surface area contributed by atoms with E-state index in [1.165, 1.54) is 12.1 Å². The number of carbonyl (C=O) groups is 1. The second kappa shape index (κ2) is 9.37. The number of alkyl halides is 3. The molecule has 0 aliphatic carbocycles. The molecule has 1 saturated heterocycles. The minimum absolute atomic E-state index is 0.00444. The molecule has 0 N–H and O–H groups in total. The Bertz CT molecular complexity index is 1290. The zero-order valence-electron chi connectivity index (χ0n) is 18.7. The van der Waals surface area contributed by atoms with Crippen molar-refractivity contribution >= 4 is 5.91 Å². The lowest BCUT2D eigenvalue weighted by atomic mass is 9.96. The third-order valence-electron chi connectivity index (χ3n) is 6.28. The molecule has 5 nitrogen and oxygen atoms in total. The van der Waals surface area contributed by atoms with Crippen LogP contribution >= 0.6 is 0 Å². The molecule has 0 unspecified atom stereocenters. The van der Waals surface area contributed by atoms with E-state index in [1.807, 2.05) is 59.5 Å². The number of amides is 1. The number of hydrogen-bond acceptors (Lipinski definition) is 4. The number of rotatable bonds is 4. The van der Waals surface area contributed by atoms with Gasteiger partial charge in [0, 0.05) is 30.1 Å². The van der Waals surface area contributed by atoms with Gasteiger partial charge in [0.15, 0.2) is 0 Å². The van der Waals surface area contributed by atoms with Crippen molar-refractivity contribution < 1.29 is 22.5 Å². The van der Waals surface area contributed by atoms with E-state index in [0.29, 0.717) is 42.9 Å². The Morgan fingerprint density at radius 3 is 2.06 bits per heavy atom. The monoisotopic (exact) mass is 477 g/mol. The predicted octanol–water partition coefficient (Wildman–Crippen LogP) is 6.44. The molecule has 0 radical (unpaired) electrons. The van der Waals surface area contributed by atoms with Gasteiger partial charge in [0.05, 0.1) is 5.56 Å². The first kappa shape index (κ1) is 22.8. The first-order chi connectivity index (χ1) is 16.9. The lowest BCUT2D eigenvalue weighted by molar-refractivity contribution is -0.137. The van der Waals surface area contributed by atoms with Crippen molar-refractivity contribution in [3.8, 4) is 22.5 Å². The normalized spacial score (nSPS) is 14.8. The topological polar surface area (TPSA) is 59.2 Å². The van der Waals surface area contributed by atoms with E-state index in [0.717, 1.165) is 23.3 Å². The summed E-state index contributed by atoms with van der Waals surface area (Å²) in [4.78, 5) is 19.2. The smallest absolute Gasteiger partial charge is 0.339 e. The standard InChI is InChI=1S/C27H22F3N3O2/c28-27(29,30)23-12-10-20(11-13-23)24-31-25(35-32-24)21-14-16-33(17-15-21)26(34)22-8-6-19(7-9-22)18-4-2-1-3-5-18/h1-13,21H,14-17H2. The summed E-state index contributed by atoms with van der Waals surface area (Å²) in [5.41, 5.74) is 2.53. The number of aromatic nitrogens is 2. The molecule has 1 aromatic heterocycles. The van der Waals surface area contributed by atoms with Crippen LogP contribution in [0.2, 0.25) is 0 Å². The maximum absolute atomic E-state index is 13.0. The fourth-order valence-electron chi connectivity index (χ4n) is 4.27.